The van der Waals surface area contributed by atoms with Gasteiger partial charge in [0.05, 0.1) is 0 Å². The molecular formula is C13H29NO6P2. The Morgan fingerprint density at radius 1 is 0.818 bits per heavy atom. The molecule has 9 heteroatoms. The molecule has 0 radical (unpaired) electrons. The van der Waals surface area contributed by atoms with Gasteiger partial charge in [0.2, 0.25) is 0 Å². The summed E-state index contributed by atoms with van der Waals surface area (Å²) in [5.41, 5.74) is 0. The predicted molar refractivity (Wildman–Crippen MR) is 86.2 cm³/mol. The molecule has 1 saturated carbocycles. The van der Waals surface area contributed by atoms with Crippen molar-refractivity contribution in [2.45, 2.75) is 38.6 Å². The largest absolute Gasteiger partial charge is 0.344 e. The van der Waals surface area contributed by atoms with Crippen molar-refractivity contribution in [2.75, 3.05) is 41.0 Å². The van der Waals surface area contributed by atoms with E-state index in [1.54, 1.807) is 0 Å². The Morgan fingerprint density at radius 2 is 1.18 bits per heavy atom. The van der Waals surface area contributed by atoms with Crippen molar-refractivity contribution in [2.24, 2.45) is 5.92 Å². The fraction of sp³-hybridized carbons (Fsp3) is 1.00. The lowest BCUT2D eigenvalue weighted by atomic mass is 9.87. The molecule has 0 aromatic rings. The molecule has 1 aliphatic carbocycles. The van der Waals surface area contributed by atoms with Crippen molar-refractivity contribution in [3.63, 3.8) is 0 Å². The van der Waals surface area contributed by atoms with E-state index in [2.05, 4.69) is 6.92 Å². The van der Waals surface area contributed by atoms with Crippen LogP contribution in [0.15, 0.2) is 0 Å². The van der Waals surface area contributed by atoms with Gasteiger partial charge in [-0.3, -0.25) is 14.0 Å². The van der Waals surface area contributed by atoms with Gasteiger partial charge >= 0.3 is 15.2 Å². The highest BCUT2D eigenvalue weighted by Gasteiger charge is 2.36. The first-order valence-electron chi connectivity index (χ1n) is 7.46. The summed E-state index contributed by atoms with van der Waals surface area (Å²) in [4.78, 5) is 1.88. The lowest BCUT2D eigenvalue weighted by Gasteiger charge is -2.37. The molecule has 0 amide bonds. The number of hydrogen-bond donors (Lipinski definition) is 0. The Hall–Kier alpha value is 0.260. The summed E-state index contributed by atoms with van der Waals surface area (Å²) < 4.78 is 45.1. The molecule has 0 aromatic heterocycles. The molecule has 0 unspecified atom stereocenters. The summed E-state index contributed by atoms with van der Waals surface area (Å²) in [5.74, 6) is 0.686. The van der Waals surface area contributed by atoms with Crippen LogP contribution < -0.4 is 0 Å². The molecule has 0 atom stereocenters. The highest BCUT2D eigenvalue weighted by Crippen LogP contribution is 2.52. The minimum absolute atomic E-state index is 0.0791. The monoisotopic (exact) mass is 357 g/mol. The summed E-state index contributed by atoms with van der Waals surface area (Å²) in [6.45, 7) is 2.23. The SMILES string of the molecule is COP(=O)(CN(CP(=O)(OC)OC)C1CCC(C)CC1)OC. The van der Waals surface area contributed by atoms with E-state index in [-0.39, 0.29) is 18.6 Å². The normalized spacial score (nSPS) is 23.9. The molecule has 0 saturated heterocycles. The smallest absolute Gasteiger partial charge is 0.311 e. The van der Waals surface area contributed by atoms with Crippen LogP contribution in [-0.4, -0.2) is 52.0 Å². The maximum absolute atomic E-state index is 12.5. The first-order valence-corrected chi connectivity index (χ1v) is 10.9. The summed E-state index contributed by atoms with van der Waals surface area (Å²) >= 11 is 0. The van der Waals surface area contributed by atoms with Crippen LogP contribution in [0, 0.1) is 5.92 Å². The topological polar surface area (TPSA) is 74.3 Å². The van der Waals surface area contributed by atoms with E-state index in [9.17, 15) is 9.13 Å². The van der Waals surface area contributed by atoms with Crippen LogP contribution in [-0.2, 0) is 27.2 Å². The molecule has 0 heterocycles. The highest BCUT2D eigenvalue weighted by atomic mass is 31.2. The zero-order valence-electron chi connectivity index (χ0n) is 14.2. The molecular weight excluding hydrogens is 328 g/mol. The third kappa shape index (κ3) is 5.72. The Morgan fingerprint density at radius 3 is 1.50 bits per heavy atom. The van der Waals surface area contributed by atoms with Gasteiger partial charge in [-0.05, 0) is 31.6 Å². The van der Waals surface area contributed by atoms with Gasteiger partial charge in [-0.15, -0.1) is 0 Å². The average Bonchev–Trinajstić information content (AvgIpc) is 2.54. The van der Waals surface area contributed by atoms with Gasteiger partial charge in [-0.2, -0.15) is 0 Å². The van der Waals surface area contributed by atoms with Gasteiger partial charge < -0.3 is 18.1 Å². The third-order valence-corrected chi connectivity index (χ3v) is 7.97. The van der Waals surface area contributed by atoms with Gasteiger partial charge in [-0.25, -0.2) is 0 Å². The van der Waals surface area contributed by atoms with Crippen LogP contribution in [0.4, 0.5) is 0 Å². The van der Waals surface area contributed by atoms with Crippen molar-refractivity contribution < 1.29 is 27.2 Å². The summed E-state index contributed by atoms with van der Waals surface area (Å²) in [6.07, 6.45) is 4.26. The Balaban J connectivity index is 2.89. The number of rotatable bonds is 9. The molecule has 132 valence electrons. The predicted octanol–water partition coefficient (Wildman–Crippen LogP) is 3.75. The summed E-state index contributed by atoms with van der Waals surface area (Å²) in [6, 6.07) is 0.174. The zero-order valence-corrected chi connectivity index (χ0v) is 16.0. The second kappa shape index (κ2) is 8.93. The molecule has 1 aliphatic rings. The lowest BCUT2D eigenvalue weighted by molar-refractivity contribution is 0.150. The first kappa shape index (κ1) is 20.3. The molecule has 0 N–H and O–H groups in total. The molecule has 0 bridgehead atoms. The van der Waals surface area contributed by atoms with E-state index in [0.29, 0.717) is 5.92 Å². The molecule has 0 aliphatic heterocycles. The Bertz CT molecular complexity index is 381. The maximum Gasteiger partial charge on any atom is 0.344 e. The molecule has 0 aromatic carbocycles. The van der Waals surface area contributed by atoms with Gasteiger partial charge in [0.1, 0.15) is 12.6 Å². The summed E-state index contributed by atoms with van der Waals surface area (Å²) in [5, 5.41) is 0. The van der Waals surface area contributed by atoms with E-state index in [0.717, 1.165) is 25.7 Å². The van der Waals surface area contributed by atoms with Gasteiger partial charge in [0, 0.05) is 34.5 Å². The maximum atomic E-state index is 12.5. The number of hydrogen-bond acceptors (Lipinski definition) is 7. The first-order chi connectivity index (χ1) is 10.3. The second-order valence-electron chi connectivity index (χ2n) is 5.74. The second-order valence-corrected chi connectivity index (χ2v) is 10.2. The van der Waals surface area contributed by atoms with Crippen LogP contribution in [0.2, 0.25) is 0 Å². The van der Waals surface area contributed by atoms with Crippen molar-refractivity contribution in [3.05, 3.63) is 0 Å². The van der Waals surface area contributed by atoms with Crippen LogP contribution in [0.5, 0.6) is 0 Å². The van der Waals surface area contributed by atoms with E-state index < -0.39 is 15.2 Å². The molecule has 1 rings (SSSR count). The third-order valence-electron chi connectivity index (χ3n) is 4.32. The van der Waals surface area contributed by atoms with E-state index in [1.165, 1.54) is 28.4 Å². The van der Waals surface area contributed by atoms with Crippen molar-refractivity contribution in [1.29, 1.82) is 0 Å². The van der Waals surface area contributed by atoms with Gasteiger partial charge in [0.15, 0.2) is 0 Å². The molecule has 1 fully saturated rings. The quantitative estimate of drug-likeness (QED) is 0.582. The number of nitrogens with zero attached hydrogens (tertiary/aromatic N) is 1. The van der Waals surface area contributed by atoms with Crippen LogP contribution in [0.25, 0.3) is 0 Å². The van der Waals surface area contributed by atoms with Crippen LogP contribution >= 0.6 is 15.2 Å². The Labute approximate surface area is 133 Å². The Kier molecular flexibility index (Phi) is 8.24. The van der Waals surface area contributed by atoms with Crippen molar-refractivity contribution >= 4 is 15.2 Å². The van der Waals surface area contributed by atoms with Gasteiger partial charge in [0.25, 0.3) is 0 Å². The fourth-order valence-electron chi connectivity index (χ4n) is 2.71. The fourth-order valence-corrected chi connectivity index (χ4v) is 5.18. The standard InChI is InChI=1S/C13H29NO6P2/c1-12-6-8-13(9-7-12)14(10-21(15,17-2)18-3)11-22(16,19-4)20-5/h12-13H,6-11H2,1-5H3. The molecule has 7 nitrogen and oxygen atoms in total. The highest BCUT2D eigenvalue weighted by molar-refractivity contribution is 7.54. The van der Waals surface area contributed by atoms with Crippen LogP contribution in [0.1, 0.15) is 32.6 Å². The van der Waals surface area contributed by atoms with Crippen molar-refractivity contribution in [1.82, 2.24) is 4.90 Å². The molecule has 0 spiro atoms. The molecule has 22 heavy (non-hydrogen) atoms. The van der Waals surface area contributed by atoms with E-state index in [1.807, 2.05) is 4.90 Å². The minimum Gasteiger partial charge on any atom is -0.311 e. The van der Waals surface area contributed by atoms with Crippen LogP contribution in [0.3, 0.4) is 0 Å². The summed E-state index contributed by atoms with van der Waals surface area (Å²) in [7, 11) is -1.03. The average molecular weight is 357 g/mol. The zero-order chi connectivity index (χ0) is 16.8. The van der Waals surface area contributed by atoms with E-state index in [4.69, 9.17) is 18.1 Å². The van der Waals surface area contributed by atoms with Crippen molar-refractivity contribution in [3.8, 4) is 0 Å². The minimum atomic E-state index is -3.23. The van der Waals surface area contributed by atoms with E-state index >= 15 is 0 Å². The lowest BCUT2D eigenvalue weighted by Crippen LogP contribution is -2.39. The van der Waals surface area contributed by atoms with Gasteiger partial charge in [-0.1, -0.05) is 6.92 Å².